The van der Waals surface area contributed by atoms with Crippen molar-refractivity contribution in [3.8, 4) is 0 Å². The molecule has 2 aromatic rings. The van der Waals surface area contributed by atoms with Crippen molar-refractivity contribution < 1.29 is 9.53 Å². The Labute approximate surface area is 144 Å². The molecule has 0 saturated heterocycles. The Bertz CT molecular complexity index is 694. The maximum absolute atomic E-state index is 11.7. The first-order valence-electron chi connectivity index (χ1n) is 7.22. The largest absolute Gasteiger partial charge is 0.444 e. The normalized spacial score (nSPS) is 11.0. The monoisotopic (exact) mass is 377 g/mol. The highest BCUT2D eigenvalue weighted by Gasteiger charge is 2.16. The van der Waals surface area contributed by atoms with Crippen LogP contribution in [0.5, 0.6) is 0 Å². The number of ether oxygens (including phenoxy) is 1. The third-order valence-electron chi connectivity index (χ3n) is 2.86. The predicted molar refractivity (Wildman–Crippen MR) is 96.3 cm³/mol. The summed E-state index contributed by atoms with van der Waals surface area (Å²) < 4.78 is 6.22. The van der Waals surface area contributed by atoms with E-state index in [1.54, 1.807) is 12.3 Å². The van der Waals surface area contributed by atoms with Gasteiger partial charge in [-0.2, -0.15) is 0 Å². The van der Waals surface area contributed by atoms with E-state index in [0.29, 0.717) is 5.82 Å². The van der Waals surface area contributed by atoms with Gasteiger partial charge in [-0.3, -0.25) is 5.32 Å². The molecule has 122 valence electrons. The minimum absolute atomic E-state index is 0.442. The minimum Gasteiger partial charge on any atom is -0.444 e. The van der Waals surface area contributed by atoms with E-state index in [0.717, 1.165) is 21.4 Å². The predicted octanol–water partition coefficient (Wildman–Crippen LogP) is 5.24. The highest BCUT2D eigenvalue weighted by Crippen LogP contribution is 2.24. The van der Waals surface area contributed by atoms with Crippen molar-refractivity contribution in [1.29, 1.82) is 0 Å². The molecule has 0 radical (unpaired) electrons. The summed E-state index contributed by atoms with van der Waals surface area (Å²) in [5, 5.41) is 5.89. The molecule has 2 N–H and O–H groups in total. The Morgan fingerprint density at radius 2 is 1.96 bits per heavy atom. The van der Waals surface area contributed by atoms with Gasteiger partial charge in [0.15, 0.2) is 0 Å². The van der Waals surface area contributed by atoms with Crippen LogP contribution in [0.3, 0.4) is 0 Å². The quantitative estimate of drug-likeness (QED) is 0.767. The number of aryl methyl sites for hydroxylation is 1. The molecule has 0 atom stereocenters. The molecule has 1 aromatic heterocycles. The first-order chi connectivity index (χ1) is 10.7. The molecule has 6 heteroatoms. The summed E-state index contributed by atoms with van der Waals surface area (Å²) in [6, 6.07) is 9.57. The van der Waals surface area contributed by atoms with Crippen molar-refractivity contribution >= 4 is 39.2 Å². The molecule has 0 saturated carbocycles. The van der Waals surface area contributed by atoms with Crippen LogP contribution in [0.25, 0.3) is 0 Å². The van der Waals surface area contributed by atoms with Gasteiger partial charge < -0.3 is 10.1 Å². The van der Waals surface area contributed by atoms with E-state index in [1.165, 1.54) is 0 Å². The van der Waals surface area contributed by atoms with E-state index in [9.17, 15) is 4.79 Å². The van der Waals surface area contributed by atoms with Gasteiger partial charge in [0.2, 0.25) is 0 Å². The molecule has 0 aliphatic carbocycles. The summed E-state index contributed by atoms with van der Waals surface area (Å²) in [4.78, 5) is 15.9. The second-order valence-corrected chi connectivity index (χ2v) is 7.06. The molecular formula is C17H20BrN3O2. The van der Waals surface area contributed by atoms with Crippen LogP contribution < -0.4 is 10.6 Å². The standard InChI is InChI=1S/C17H20BrN3O2/c1-11-9-12(18)5-7-14(11)20-13-6-8-15(19-10-13)21-16(22)23-17(2,3)4/h5-10,20H,1-4H3,(H,19,21,22). The lowest BCUT2D eigenvalue weighted by molar-refractivity contribution is 0.0635. The number of amides is 1. The average molecular weight is 378 g/mol. The topological polar surface area (TPSA) is 63.2 Å². The number of aromatic nitrogens is 1. The molecule has 1 heterocycles. The third kappa shape index (κ3) is 5.56. The lowest BCUT2D eigenvalue weighted by Gasteiger charge is -2.19. The van der Waals surface area contributed by atoms with E-state index in [4.69, 9.17) is 4.74 Å². The molecule has 0 bridgehead atoms. The van der Waals surface area contributed by atoms with Crippen LogP contribution in [0.2, 0.25) is 0 Å². The van der Waals surface area contributed by atoms with Gasteiger partial charge in [0.05, 0.1) is 11.9 Å². The minimum atomic E-state index is -0.537. The fourth-order valence-electron chi connectivity index (χ4n) is 1.87. The van der Waals surface area contributed by atoms with Crippen LogP contribution in [-0.2, 0) is 4.74 Å². The van der Waals surface area contributed by atoms with Crippen molar-refractivity contribution in [3.63, 3.8) is 0 Å². The van der Waals surface area contributed by atoms with Gasteiger partial charge in [-0.1, -0.05) is 15.9 Å². The van der Waals surface area contributed by atoms with Crippen LogP contribution >= 0.6 is 15.9 Å². The molecule has 0 aliphatic heterocycles. The fourth-order valence-corrected chi connectivity index (χ4v) is 2.35. The Balaban J connectivity index is 2.01. The van der Waals surface area contributed by atoms with E-state index >= 15 is 0 Å². The van der Waals surface area contributed by atoms with Crippen LogP contribution in [0, 0.1) is 6.92 Å². The zero-order valence-corrected chi connectivity index (χ0v) is 15.2. The molecule has 0 aliphatic rings. The summed E-state index contributed by atoms with van der Waals surface area (Å²) in [5.41, 5.74) is 2.42. The Kier molecular flexibility index (Phi) is 5.26. The first kappa shape index (κ1) is 17.3. The fraction of sp³-hybridized carbons (Fsp3) is 0.294. The van der Waals surface area contributed by atoms with Crippen LogP contribution in [0.1, 0.15) is 26.3 Å². The maximum Gasteiger partial charge on any atom is 0.413 e. The van der Waals surface area contributed by atoms with E-state index in [1.807, 2.05) is 52.0 Å². The van der Waals surface area contributed by atoms with Crippen LogP contribution in [0.15, 0.2) is 41.0 Å². The lowest BCUT2D eigenvalue weighted by Crippen LogP contribution is -2.27. The summed E-state index contributed by atoms with van der Waals surface area (Å²) in [5.74, 6) is 0.442. The molecule has 0 spiro atoms. The van der Waals surface area contributed by atoms with Gasteiger partial charge >= 0.3 is 6.09 Å². The highest BCUT2D eigenvalue weighted by atomic mass is 79.9. The summed E-state index contributed by atoms with van der Waals surface area (Å²) in [7, 11) is 0. The molecular weight excluding hydrogens is 358 g/mol. The molecule has 23 heavy (non-hydrogen) atoms. The van der Waals surface area contributed by atoms with Gasteiger partial charge in [0.1, 0.15) is 11.4 Å². The van der Waals surface area contributed by atoms with Gasteiger partial charge in [0, 0.05) is 10.2 Å². The second-order valence-electron chi connectivity index (χ2n) is 6.14. The Morgan fingerprint density at radius 1 is 1.22 bits per heavy atom. The number of carbonyl (C=O) groups excluding carboxylic acids is 1. The molecule has 2 rings (SSSR count). The number of anilines is 3. The van der Waals surface area contributed by atoms with Crippen molar-refractivity contribution in [1.82, 2.24) is 4.98 Å². The molecule has 1 aromatic carbocycles. The number of halogens is 1. The highest BCUT2D eigenvalue weighted by molar-refractivity contribution is 9.10. The van der Waals surface area contributed by atoms with Crippen molar-refractivity contribution in [2.24, 2.45) is 0 Å². The number of nitrogens with zero attached hydrogens (tertiary/aromatic N) is 1. The molecule has 5 nitrogen and oxygen atoms in total. The number of hydrogen-bond acceptors (Lipinski definition) is 4. The number of pyridine rings is 1. The van der Waals surface area contributed by atoms with Crippen molar-refractivity contribution in [2.45, 2.75) is 33.3 Å². The number of carbonyl (C=O) groups is 1. The number of rotatable bonds is 3. The zero-order valence-electron chi connectivity index (χ0n) is 13.6. The van der Waals surface area contributed by atoms with Gasteiger partial charge in [-0.25, -0.2) is 9.78 Å². The van der Waals surface area contributed by atoms with E-state index < -0.39 is 11.7 Å². The summed E-state index contributed by atoms with van der Waals surface area (Å²) in [6.45, 7) is 7.47. The van der Waals surface area contributed by atoms with Crippen molar-refractivity contribution in [2.75, 3.05) is 10.6 Å². The Hall–Kier alpha value is -2.08. The van der Waals surface area contributed by atoms with Gasteiger partial charge in [-0.05, 0) is 63.6 Å². The maximum atomic E-state index is 11.7. The smallest absolute Gasteiger partial charge is 0.413 e. The summed E-state index contributed by atoms with van der Waals surface area (Å²) in [6.07, 6.45) is 1.14. The number of hydrogen-bond donors (Lipinski definition) is 2. The van der Waals surface area contributed by atoms with Gasteiger partial charge in [-0.15, -0.1) is 0 Å². The van der Waals surface area contributed by atoms with Crippen molar-refractivity contribution in [3.05, 3.63) is 46.6 Å². The number of benzene rings is 1. The SMILES string of the molecule is Cc1cc(Br)ccc1Nc1ccc(NC(=O)OC(C)(C)C)nc1. The second kappa shape index (κ2) is 7.00. The zero-order chi connectivity index (χ0) is 17.0. The van der Waals surface area contributed by atoms with Gasteiger partial charge in [0.25, 0.3) is 0 Å². The lowest BCUT2D eigenvalue weighted by atomic mass is 10.2. The molecule has 1 amide bonds. The van der Waals surface area contributed by atoms with E-state index in [2.05, 4.69) is 31.5 Å². The Morgan fingerprint density at radius 3 is 2.52 bits per heavy atom. The number of nitrogens with one attached hydrogen (secondary N) is 2. The average Bonchev–Trinajstić information content (AvgIpc) is 2.42. The molecule has 0 unspecified atom stereocenters. The summed E-state index contributed by atoms with van der Waals surface area (Å²) >= 11 is 3.44. The van der Waals surface area contributed by atoms with E-state index in [-0.39, 0.29) is 0 Å². The van der Waals surface area contributed by atoms with Crippen LogP contribution in [0.4, 0.5) is 22.0 Å². The first-order valence-corrected chi connectivity index (χ1v) is 8.01. The molecule has 0 fully saturated rings. The third-order valence-corrected chi connectivity index (χ3v) is 3.35. The van der Waals surface area contributed by atoms with Crippen LogP contribution in [-0.4, -0.2) is 16.7 Å².